The van der Waals surface area contributed by atoms with Gasteiger partial charge in [0.1, 0.15) is 13.2 Å². The Morgan fingerprint density at radius 3 is 2.67 bits per heavy atom. The molecule has 0 saturated carbocycles. The third kappa shape index (κ3) is 4.24. The summed E-state index contributed by atoms with van der Waals surface area (Å²) in [5.74, 6) is -2.04. The molecule has 6 nitrogen and oxygen atoms in total. The van der Waals surface area contributed by atoms with E-state index in [-0.39, 0.29) is 18.4 Å². The van der Waals surface area contributed by atoms with Crippen molar-refractivity contribution in [3.05, 3.63) is 11.6 Å². The lowest BCUT2D eigenvalue weighted by molar-refractivity contribution is -0.177. The number of carboxylic acids is 1. The van der Waals surface area contributed by atoms with Crippen LogP contribution in [0.1, 0.15) is 23.3 Å². The largest absolute Gasteiger partial charge is 0.476 e. The van der Waals surface area contributed by atoms with E-state index in [0.29, 0.717) is 0 Å². The molecule has 0 aliphatic carbocycles. The van der Waals surface area contributed by atoms with Crippen LogP contribution < -0.4 is 4.74 Å². The highest BCUT2D eigenvalue weighted by atomic mass is 19.4. The van der Waals surface area contributed by atoms with E-state index in [9.17, 15) is 18.0 Å². The summed E-state index contributed by atoms with van der Waals surface area (Å²) in [6, 6.07) is 0. The fourth-order valence-electron chi connectivity index (χ4n) is 1.03. The molecule has 0 aliphatic heterocycles. The van der Waals surface area contributed by atoms with E-state index in [0.717, 1.165) is 0 Å². The van der Waals surface area contributed by atoms with Gasteiger partial charge in [-0.1, -0.05) is 0 Å². The van der Waals surface area contributed by atoms with Crippen molar-refractivity contribution in [2.45, 2.75) is 19.7 Å². The van der Waals surface area contributed by atoms with Crippen molar-refractivity contribution in [3.63, 3.8) is 0 Å². The summed E-state index contributed by atoms with van der Waals surface area (Å²) in [4.78, 5) is 14.2. The molecule has 0 fully saturated rings. The van der Waals surface area contributed by atoms with Crippen molar-refractivity contribution in [2.75, 3.05) is 13.2 Å². The van der Waals surface area contributed by atoms with E-state index in [1.54, 1.807) is 6.92 Å². The molecular formula is C9H10F3NO5. The van der Waals surface area contributed by atoms with Crippen LogP contribution in [0.2, 0.25) is 0 Å². The number of hydrogen-bond donors (Lipinski definition) is 1. The molecule has 1 aromatic rings. The summed E-state index contributed by atoms with van der Waals surface area (Å²) in [5, 5.41) is 8.74. The van der Waals surface area contributed by atoms with Gasteiger partial charge < -0.3 is 19.0 Å². The van der Waals surface area contributed by atoms with E-state index in [2.05, 4.69) is 9.72 Å². The Morgan fingerprint density at radius 1 is 1.50 bits per heavy atom. The van der Waals surface area contributed by atoms with Gasteiger partial charge in [0.15, 0.2) is 0 Å². The van der Waals surface area contributed by atoms with Crippen LogP contribution in [0, 0.1) is 0 Å². The number of alkyl halides is 3. The maximum atomic E-state index is 11.8. The van der Waals surface area contributed by atoms with E-state index >= 15 is 0 Å². The Kier molecular flexibility index (Phi) is 4.54. The quantitative estimate of drug-likeness (QED) is 0.848. The Labute approximate surface area is 99.3 Å². The maximum Gasteiger partial charge on any atom is 0.411 e. The maximum absolute atomic E-state index is 11.8. The van der Waals surface area contributed by atoms with Crippen LogP contribution in [0.4, 0.5) is 13.2 Å². The Bertz CT molecular complexity index is 415. The summed E-state index contributed by atoms with van der Waals surface area (Å²) in [7, 11) is 0. The number of halogens is 3. The van der Waals surface area contributed by atoms with Gasteiger partial charge in [-0.3, -0.25) is 0 Å². The first-order chi connectivity index (χ1) is 8.33. The highest BCUT2D eigenvalue weighted by molar-refractivity contribution is 5.87. The van der Waals surface area contributed by atoms with Crippen LogP contribution in [0.25, 0.3) is 0 Å². The molecule has 0 spiro atoms. The Morgan fingerprint density at radius 2 is 2.17 bits per heavy atom. The van der Waals surface area contributed by atoms with Gasteiger partial charge in [0.05, 0.1) is 6.61 Å². The topological polar surface area (TPSA) is 81.8 Å². The number of rotatable bonds is 6. The third-order valence-corrected chi connectivity index (χ3v) is 1.61. The number of oxazole rings is 1. The van der Waals surface area contributed by atoms with Gasteiger partial charge in [-0.2, -0.15) is 13.2 Å². The predicted octanol–water partition coefficient (Wildman–Crippen LogP) is 1.85. The van der Waals surface area contributed by atoms with Gasteiger partial charge in [0.25, 0.3) is 0 Å². The molecular weight excluding hydrogens is 259 g/mol. The number of hydrogen-bond acceptors (Lipinski definition) is 5. The molecule has 1 heterocycles. The standard InChI is InChI=1S/C9H10F3NO5/c1-2-17-8-6(7(14)15)13-5(18-8)3-16-4-9(10,11)12/h2-4H2,1H3,(H,14,15). The van der Waals surface area contributed by atoms with Crippen molar-refractivity contribution in [2.24, 2.45) is 0 Å². The average Bonchev–Trinajstić information content (AvgIpc) is 2.60. The van der Waals surface area contributed by atoms with Gasteiger partial charge in [-0.25, -0.2) is 9.78 Å². The van der Waals surface area contributed by atoms with Crippen LogP contribution in [0.15, 0.2) is 4.42 Å². The molecule has 0 amide bonds. The van der Waals surface area contributed by atoms with Crippen molar-refractivity contribution < 1.29 is 37.0 Å². The van der Waals surface area contributed by atoms with Gasteiger partial charge in [-0.05, 0) is 6.92 Å². The molecule has 9 heteroatoms. The molecule has 1 aromatic heterocycles. The van der Waals surface area contributed by atoms with Crippen molar-refractivity contribution in [1.82, 2.24) is 4.98 Å². The fraction of sp³-hybridized carbons (Fsp3) is 0.556. The summed E-state index contributed by atoms with van der Waals surface area (Å²) in [6.07, 6.45) is -4.47. The van der Waals surface area contributed by atoms with Gasteiger partial charge in [0, 0.05) is 0 Å². The zero-order chi connectivity index (χ0) is 13.8. The predicted molar refractivity (Wildman–Crippen MR) is 50.3 cm³/mol. The van der Waals surface area contributed by atoms with Crippen molar-refractivity contribution in [1.29, 1.82) is 0 Å². The van der Waals surface area contributed by atoms with E-state index < -0.39 is 31.1 Å². The summed E-state index contributed by atoms with van der Waals surface area (Å²) < 4.78 is 49.3. The number of nitrogens with zero attached hydrogens (tertiary/aromatic N) is 1. The fourth-order valence-corrected chi connectivity index (χ4v) is 1.03. The first-order valence-electron chi connectivity index (χ1n) is 4.83. The summed E-state index contributed by atoms with van der Waals surface area (Å²) in [5.41, 5.74) is -0.498. The van der Waals surface area contributed by atoms with Crippen LogP contribution >= 0.6 is 0 Å². The first-order valence-corrected chi connectivity index (χ1v) is 4.83. The van der Waals surface area contributed by atoms with E-state index in [1.165, 1.54) is 0 Å². The lowest BCUT2D eigenvalue weighted by atomic mass is 10.5. The molecule has 0 bridgehead atoms. The minimum atomic E-state index is -4.47. The number of aromatic nitrogens is 1. The first kappa shape index (κ1) is 14.3. The number of aromatic carboxylic acids is 1. The van der Waals surface area contributed by atoms with Gasteiger partial charge in [0.2, 0.25) is 11.6 Å². The molecule has 18 heavy (non-hydrogen) atoms. The number of carbonyl (C=O) groups is 1. The van der Waals surface area contributed by atoms with Crippen LogP contribution in [0.3, 0.4) is 0 Å². The van der Waals surface area contributed by atoms with Crippen molar-refractivity contribution in [3.8, 4) is 5.95 Å². The minimum Gasteiger partial charge on any atom is -0.476 e. The molecule has 0 atom stereocenters. The van der Waals surface area contributed by atoms with Gasteiger partial charge in [-0.15, -0.1) is 0 Å². The van der Waals surface area contributed by atoms with Crippen LogP contribution in [0.5, 0.6) is 5.95 Å². The Balaban J connectivity index is 2.67. The minimum absolute atomic E-state index is 0.137. The summed E-state index contributed by atoms with van der Waals surface area (Å²) in [6.45, 7) is -0.332. The molecule has 0 aromatic carbocycles. The molecule has 1 N–H and O–H groups in total. The normalized spacial score (nSPS) is 11.6. The zero-order valence-electron chi connectivity index (χ0n) is 9.28. The highest BCUT2D eigenvalue weighted by Gasteiger charge is 2.28. The average molecular weight is 269 g/mol. The molecule has 0 radical (unpaired) electrons. The van der Waals surface area contributed by atoms with E-state index in [4.69, 9.17) is 14.3 Å². The molecule has 0 aliphatic rings. The van der Waals surface area contributed by atoms with E-state index in [1.807, 2.05) is 0 Å². The van der Waals surface area contributed by atoms with Crippen LogP contribution in [-0.2, 0) is 11.3 Å². The molecule has 0 saturated heterocycles. The number of ether oxygens (including phenoxy) is 2. The number of carboxylic acid groups (broad SMARTS) is 1. The molecule has 1 rings (SSSR count). The zero-order valence-corrected chi connectivity index (χ0v) is 9.28. The van der Waals surface area contributed by atoms with Crippen LogP contribution in [-0.4, -0.2) is 35.4 Å². The second-order valence-corrected chi connectivity index (χ2v) is 3.09. The lowest BCUT2D eigenvalue weighted by Crippen LogP contribution is -2.16. The van der Waals surface area contributed by atoms with Gasteiger partial charge >= 0.3 is 18.1 Å². The monoisotopic (exact) mass is 269 g/mol. The lowest BCUT2D eigenvalue weighted by Gasteiger charge is -2.04. The highest BCUT2D eigenvalue weighted by Crippen LogP contribution is 2.21. The second kappa shape index (κ2) is 5.71. The second-order valence-electron chi connectivity index (χ2n) is 3.09. The molecule has 102 valence electrons. The smallest absolute Gasteiger partial charge is 0.411 e. The summed E-state index contributed by atoms with van der Waals surface area (Å²) >= 11 is 0. The SMILES string of the molecule is CCOc1oc(COCC(F)(F)F)nc1C(=O)O. The molecule has 0 unspecified atom stereocenters. The third-order valence-electron chi connectivity index (χ3n) is 1.61. The van der Waals surface area contributed by atoms with Crippen molar-refractivity contribution >= 4 is 5.97 Å². The Hall–Kier alpha value is -1.77.